The molecule has 0 fully saturated rings. The number of hydrogen-bond acceptors (Lipinski definition) is 5. The molecule has 1 aromatic rings. The van der Waals surface area contributed by atoms with Crippen LogP contribution in [-0.2, 0) is 9.84 Å². The lowest BCUT2D eigenvalue weighted by molar-refractivity contribution is -0.0498. The van der Waals surface area contributed by atoms with Gasteiger partial charge in [0.1, 0.15) is 15.6 Å². The molecular weight excluding hydrogens is 483 g/mol. The molecule has 1 unspecified atom stereocenters. The van der Waals surface area contributed by atoms with Crippen molar-refractivity contribution in [2.45, 2.75) is 19.6 Å². The van der Waals surface area contributed by atoms with Gasteiger partial charge in [0.2, 0.25) is 0 Å². The summed E-state index contributed by atoms with van der Waals surface area (Å²) in [6.07, 6.45) is 0.204. The van der Waals surface area contributed by atoms with Gasteiger partial charge in [-0.05, 0) is 24.6 Å². The zero-order chi connectivity index (χ0) is 18.9. The van der Waals surface area contributed by atoms with Gasteiger partial charge in [-0.25, -0.2) is 8.42 Å². The van der Waals surface area contributed by atoms with E-state index in [4.69, 9.17) is 0 Å². The normalized spacial score (nSPS) is 13.1. The van der Waals surface area contributed by atoms with Gasteiger partial charge in [0, 0.05) is 19.3 Å². The molecule has 0 bridgehead atoms. The van der Waals surface area contributed by atoms with Crippen LogP contribution in [0.3, 0.4) is 0 Å². The first-order valence-electron chi connectivity index (χ1n) is 7.64. The Morgan fingerprint density at radius 2 is 1.88 bits per heavy atom. The number of sulfone groups is 1. The minimum absolute atomic E-state index is 0. The number of aliphatic hydroxyl groups excluding tert-OH is 1. The van der Waals surface area contributed by atoms with Gasteiger partial charge in [0.25, 0.3) is 0 Å². The third kappa shape index (κ3) is 10.7. The molecule has 1 rings (SSSR count). The maximum atomic E-state index is 12.1. The smallest absolute Gasteiger partial charge is 0.387 e. The van der Waals surface area contributed by atoms with Gasteiger partial charge in [-0.3, -0.25) is 4.99 Å². The number of nitrogens with zero attached hydrogens (tertiary/aromatic N) is 1. The van der Waals surface area contributed by atoms with Gasteiger partial charge >= 0.3 is 6.61 Å². The van der Waals surface area contributed by atoms with Gasteiger partial charge in [-0.1, -0.05) is 12.1 Å². The van der Waals surface area contributed by atoms with Crippen LogP contribution in [0.5, 0.6) is 5.75 Å². The number of aliphatic hydroxyl groups is 1. The SMILES string of the molecule is CCNC(=NCC(O)c1ccc(OC(F)F)cc1)NCCS(C)(=O)=O.I. The fourth-order valence-electron chi connectivity index (χ4n) is 1.85. The maximum Gasteiger partial charge on any atom is 0.387 e. The molecule has 0 aliphatic heterocycles. The number of nitrogens with one attached hydrogen (secondary N) is 2. The van der Waals surface area contributed by atoms with E-state index in [2.05, 4.69) is 20.4 Å². The van der Waals surface area contributed by atoms with Crippen LogP contribution in [-0.4, -0.2) is 57.7 Å². The lowest BCUT2D eigenvalue weighted by Gasteiger charge is -2.13. The molecule has 0 spiro atoms. The minimum Gasteiger partial charge on any atom is -0.435 e. The maximum absolute atomic E-state index is 12.1. The number of aliphatic imine (C=N–C) groups is 1. The summed E-state index contributed by atoms with van der Waals surface area (Å²) in [6.45, 7) is -0.267. The second-order valence-corrected chi connectivity index (χ2v) is 7.50. The highest BCUT2D eigenvalue weighted by atomic mass is 127. The Hall–Kier alpha value is -1.21. The number of rotatable bonds is 9. The van der Waals surface area contributed by atoms with Crippen LogP contribution in [0.4, 0.5) is 8.78 Å². The first-order valence-corrected chi connectivity index (χ1v) is 9.70. The Kier molecular flexibility index (Phi) is 11.7. The molecule has 26 heavy (non-hydrogen) atoms. The molecule has 1 aromatic carbocycles. The summed E-state index contributed by atoms with van der Waals surface area (Å²) in [5.41, 5.74) is 0.498. The van der Waals surface area contributed by atoms with Crippen molar-refractivity contribution in [3.63, 3.8) is 0 Å². The molecule has 0 radical (unpaired) electrons. The van der Waals surface area contributed by atoms with Crippen molar-refractivity contribution in [3.8, 4) is 5.75 Å². The van der Waals surface area contributed by atoms with E-state index in [9.17, 15) is 22.3 Å². The van der Waals surface area contributed by atoms with E-state index >= 15 is 0 Å². The Labute approximate surface area is 169 Å². The van der Waals surface area contributed by atoms with Crippen molar-refractivity contribution in [2.24, 2.45) is 4.99 Å². The van der Waals surface area contributed by atoms with Crippen molar-refractivity contribution in [3.05, 3.63) is 29.8 Å². The van der Waals surface area contributed by atoms with E-state index in [0.717, 1.165) is 6.26 Å². The van der Waals surface area contributed by atoms with E-state index < -0.39 is 22.6 Å². The number of ether oxygens (including phenoxy) is 1. The zero-order valence-corrected chi connectivity index (χ0v) is 17.6. The van der Waals surface area contributed by atoms with Crippen molar-refractivity contribution in [1.29, 1.82) is 0 Å². The van der Waals surface area contributed by atoms with Crippen LogP contribution in [0.2, 0.25) is 0 Å². The Morgan fingerprint density at radius 1 is 1.27 bits per heavy atom. The van der Waals surface area contributed by atoms with Gasteiger partial charge < -0.3 is 20.5 Å². The Bertz CT molecular complexity index is 657. The van der Waals surface area contributed by atoms with Gasteiger partial charge in [-0.2, -0.15) is 8.78 Å². The fourth-order valence-corrected chi connectivity index (χ4v) is 2.32. The number of benzene rings is 1. The zero-order valence-electron chi connectivity index (χ0n) is 14.5. The van der Waals surface area contributed by atoms with Crippen LogP contribution in [0.15, 0.2) is 29.3 Å². The largest absolute Gasteiger partial charge is 0.435 e. The molecule has 0 aliphatic rings. The summed E-state index contributed by atoms with van der Waals surface area (Å²) in [6, 6.07) is 5.62. The predicted octanol–water partition coefficient (Wildman–Crippen LogP) is 1.54. The highest BCUT2D eigenvalue weighted by Gasteiger charge is 2.10. The van der Waals surface area contributed by atoms with Crippen LogP contribution in [0.1, 0.15) is 18.6 Å². The van der Waals surface area contributed by atoms with Crippen molar-refractivity contribution in [2.75, 3.05) is 31.6 Å². The quantitative estimate of drug-likeness (QED) is 0.267. The highest BCUT2D eigenvalue weighted by molar-refractivity contribution is 14.0. The van der Waals surface area contributed by atoms with E-state index in [-0.39, 0.29) is 48.6 Å². The summed E-state index contributed by atoms with van der Waals surface area (Å²) in [5.74, 6) is 0.346. The molecule has 3 N–H and O–H groups in total. The van der Waals surface area contributed by atoms with Gasteiger partial charge in [-0.15, -0.1) is 24.0 Å². The second kappa shape index (κ2) is 12.2. The first kappa shape index (κ1) is 24.8. The summed E-state index contributed by atoms with van der Waals surface area (Å²) < 4.78 is 50.7. The topological polar surface area (TPSA) is 100 Å². The summed E-state index contributed by atoms with van der Waals surface area (Å²) in [4.78, 5) is 4.18. The standard InChI is InChI=1S/C15H23F2N3O4S.HI/c1-3-18-15(19-8-9-25(2,22)23)20-10-13(21)11-4-6-12(7-5-11)24-14(16)17;/h4-7,13-14,21H,3,8-10H2,1-2H3,(H2,18,19,20);1H. The third-order valence-electron chi connectivity index (χ3n) is 3.02. The molecule has 150 valence electrons. The van der Waals surface area contributed by atoms with Crippen LogP contribution in [0, 0.1) is 0 Å². The van der Waals surface area contributed by atoms with Gasteiger partial charge in [0.15, 0.2) is 5.96 Å². The van der Waals surface area contributed by atoms with Crippen molar-refractivity contribution in [1.82, 2.24) is 10.6 Å². The average molecular weight is 507 g/mol. The van der Waals surface area contributed by atoms with Crippen molar-refractivity contribution < 1.29 is 27.0 Å². The summed E-state index contributed by atoms with van der Waals surface area (Å²) >= 11 is 0. The van der Waals surface area contributed by atoms with Crippen molar-refractivity contribution >= 4 is 39.8 Å². The number of halogens is 3. The lowest BCUT2D eigenvalue weighted by atomic mass is 10.1. The molecule has 1 atom stereocenters. The fraction of sp³-hybridized carbons (Fsp3) is 0.533. The minimum atomic E-state index is -3.08. The highest BCUT2D eigenvalue weighted by Crippen LogP contribution is 2.19. The molecule has 11 heteroatoms. The molecule has 0 saturated heterocycles. The second-order valence-electron chi connectivity index (χ2n) is 5.24. The molecule has 0 heterocycles. The van der Waals surface area contributed by atoms with E-state index in [1.165, 1.54) is 24.3 Å². The number of hydrogen-bond donors (Lipinski definition) is 3. The Balaban J connectivity index is 0.00000625. The monoisotopic (exact) mass is 507 g/mol. The third-order valence-corrected chi connectivity index (χ3v) is 3.97. The van der Waals surface area contributed by atoms with Crippen LogP contribution in [0.25, 0.3) is 0 Å². The molecule has 0 aliphatic carbocycles. The number of alkyl halides is 2. The summed E-state index contributed by atoms with van der Waals surface area (Å²) in [7, 11) is -3.08. The molecule has 0 aromatic heterocycles. The van der Waals surface area contributed by atoms with Crippen LogP contribution < -0.4 is 15.4 Å². The van der Waals surface area contributed by atoms with Gasteiger partial charge in [0.05, 0.1) is 18.4 Å². The van der Waals surface area contributed by atoms with E-state index in [0.29, 0.717) is 18.1 Å². The van der Waals surface area contributed by atoms with E-state index in [1.807, 2.05) is 6.92 Å². The molecule has 0 saturated carbocycles. The molecule has 7 nitrogen and oxygen atoms in total. The Morgan fingerprint density at radius 3 is 2.38 bits per heavy atom. The lowest BCUT2D eigenvalue weighted by Crippen LogP contribution is -2.39. The van der Waals surface area contributed by atoms with E-state index in [1.54, 1.807) is 0 Å². The first-order chi connectivity index (χ1) is 11.7. The summed E-state index contributed by atoms with van der Waals surface area (Å²) in [5, 5.41) is 15.9. The average Bonchev–Trinajstić information content (AvgIpc) is 2.51. The number of guanidine groups is 1. The predicted molar refractivity (Wildman–Crippen MR) is 107 cm³/mol. The molecular formula is C15H24F2IN3O4S. The van der Waals surface area contributed by atoms with Crippen LogP contribution >= 0.6 is 24.0 Å². The molecule has 0 amide bonds.